The molecule has 2 heterocycles. The van der Waals surface area contributed by atoms with E-state index in [2.05, 4.69) is 19.2 Å². The minimum Gasteiger partial charge on any atom is -0.456 e. The molecule has 0 spiro atoms. The quantitative estimate of drug-likeness (QED) is 0.908. The van der Waals surface area contributed by atoms with Crippen LogP contribution < -0.4 is 5.32 Å². The third-order valence-corrected chi connectivity index (χ3v) is 3.69. The van der Waals surface area contributed by atoms with E-state index in [1.54, 1.807) is 6.07 Å². The average Bonchev–Trinajstić information content (AvgIpc) is 2.83. The second kappa shape index (κ2) is 6.24. The highest BCUT2D eigenvalue weighted by atomic mass is 16.3. The van der Waals surface area contributed by atoms with Crippen molar-refractivity contribution in [2.45, 2.75) is 39.7 Å². The molecule has 0 bridgehead atoms. The summed E-state index contributed by atoms with van der Waals surface area (Å²) in [6.07, 6.45) is 2.39. The van der Waals surface area contributed by atoms with Gasteiger partial charge in [0.15, 0.2) is 5.76 Å². The zero-order chi connectivity index (χ0) is 13.8. The third-order valence-electron chi connectivity index (χ3n) is 3.69. The maximum absolute atomic E-state index is 12.5. The van der Waals surface area contributed by atoms with E-state index in [1.807, 2.05) is 17.9 Å². The number of piperidine rings is 1. The molecule has 0 aliphatic carbocycles. The van der Waals surface area contributed by atoms with Crippen LogP contribution in [0.1, 0.15) is 43.0 Å². The lowest BCUT2D eigenvalue weighted by molar-refractivity contribution is 0.0627. The lowest BCUT2D eigenvalue weighted by atomic mass is 9.98. The number of furan rings is 1. The van der Waals surface area contributed by atoms with Crippen molar-refractivity contribution >= 4 is 5.91 Å². The number of aryl methyl sites for hydroxylation is 1. The van der Waals surface area contributed by atoms with Gasteiger partial charge in [0.1, 0.15) is 5.76 Å². The van der Waals surface area contributed by atoms with Crippen LogP contribution in [0.3, 0.4) is 0 Å². The molecule has 4 nitrogen and oxygen atoms in total. The number of hydrogen-bond acceptors (Lipinski definition) is 3. The summed E-state index contributed by atoms with van der Waals surface area (Å²) in [6.45, 7) is 8.90. The fourth-order valence-corrected chi connectivity index (χ4v) is 2.58. The van der Waals surface area contributed by atoms with E-state index >= 15 is 0 Å². The van der Waals surface area contributed by atoms with Crippen LogP contribution in [0.15, 0.2) is 16.5 Å². The SMILES string of the molecule is Cc1ccc(C(=O)N(CC2CCCNC2)C(C)C)o1. The summed E-state index contributed by atoms with van der Waals surface area (Å²) in [5.41, 5.74) is 0. The van der Waals surface area contributed by atoms with Crippen molar-refractivity contribution in [2.75, 3.05) is 19.6 Å². The molecule has 4 heteroatoms. The Morgan fingerprint density at radius 2 is 2.32 bits per heavy atom. The zero-order valence-electron chi connectivity index (χ0n) is 12.1. The van der Waals surface area contributed by atoms with E-state index in [0.29, 0.717) is 11.7 Å². The standard InChI is InChI=1S/C15H24N2O2/c1-11(2)17(10-13-5-4-8-16-9-13)15(18)14-7-6-12(3)19-14/h6-7,11,13,16H,4-5,8-10H2,1-3H3. The van der Waals surface area contributed by atoms with E-state index in [-0.39, 0.29) is 11.9 Å². The predicted molar refractivity (Wildman–Crippen MR) is 75.2 cm³/mol. The maximum atomic E-state index is 12.5. The van der Waals surface area contributed by atoms with Gasteiger partial charge in [-0.15, -0.1) is 0 Å². The molecule has 1 aromatic rings. The normalized spacial score (nSPS) is 19.7. The van der Waals surface area contributed by atoms with Crippen LogP contribution in [-0.4, -0.2) is 36.5 Å². The number of carbonyl (C=O) groups is 1. The number of nitrogens with zero attached hydrogens (tertiary/aromatic N) is 1. The molecule has 1 aliphatic rings. The Morgan fingerprint density at radius 1 is 1.53 bits per heavy atom. The van der Waals surface area contributed by atoms with Crippen LogP contribution in [0.2, 0.25) is 0 Å². The molecular formula is C15H24N2O2. The number of hydrogen-bond donors (Lipinski definition) is 1. The minimum absolute atomic E-state index is 0.00803. The van der Waals surface area contributed by atoms with Gasteiger partial charge in [-0.05, 0) is 64.8 Å². The van der Waals surface area contributed by atoms with Gasteiger partial charge in [-0.25, -0.2) is 0 Å². The average molecular weight is 264 g/mol. The van der Waals surface area contributed by atoms with Crippen molar-refractivity contribution < 1.29 is 9.21 Å². The largest absolute Gasteiger partial charge is 0.456 e. The summed E-state index contributed by atoms with van der Waals surface area (Å²) in [6, 6.07) is 3.81. The molecule has 1 N–H and O–H groups in total. The van der Waals surface area contributed by atoms with Crippen LogP contribution in [-0.2, 0) is 0 Å². The Bertz CT molecular complexity index is 420. The Hall–Kier alpha value is -1.29. The molecule has 1 unspecified atom stereocenters. The Kier molecular flexibility index (Phi) is 4.64. The number of carbonyl (C=O) groups excluding carboxylic acids is 1. The minimum atomic E-state index is 0.00803. The van der Waals surface area contributed by atoms with E-state index in [1.165, 1.54) is 12.8 Å². The smallest absolute Gasteiger partial charge is 0.289 e. The second-order valence-electron chi connectivity index (χ2n) is 5.67. The number of nitrogens with one attached hydrogen (secondary N) is 1. The summed E-state index contributed by atoms with van der Waals surface area (Å²) in [4.78, 5) is 14.4. The Balaban J connectivity index is 2.04. The van der Waals surface area contributed by atoms with Crippen LogP contribution in [0.25, 0.3) is 0 Å². The molecule has 1 aliphatic heterocycles. The lowest BCUT2D eigenvalue weighted by Crippen LogP contribution is -2.44. The molecule has 1 amide bonds. The summed E-state index contributed by atoms with van der Waals surface area (Å²) >= 11 is 0. The fourth-order valence-electron chi connectivity index (χ4n) is 2.58. The van der Waals surface area contributed by atoms with E-state index in [4.69, 9.17) is 4.42 Å². The molecule has 0 aromatic carbocycles. The molecule has 0 saturated carbocycles. The van der Waals surface area contributed by atoms with E-state index in [9.17, 15) is 4.79 Å². The third kappa shape index (κ3) is 3.60. The number of amides is 1. The lowest BCUT2D eigenvalue weighted by Gasteiger charge is -2.32. The van der Waals surface area contributed by atoms with Crippen molar-refractivity contribution in [3.05, 3.63) is 23.7 Å². The summed E-state index contributed by atoms with van der Waals surface area (Å²) < 4.78 is 5.46. The molecular weight excluding hydrogens is 240 g/mol. The van der Waals surface area contributed by atoms with Crippen molar-refractivity contribution in [2.24, 2.45) is 5.92 Å². The van der Waals surface area contributed by atoms with E-state index in [0.717, 1.165) is 25.4 Å². The molecule has 0 radical (unpaired) electrons. The van der Waals surface area contributed by atoms with Gasteiger partial charge in [0.25, 0.3) is 5.91 Å². The zero-order valence-corrected chi connectivity index (χ0v) is 12.1. The van der Waals surface area contributed by atoms with Crippen molar-refractivity contribution in [1.29, 1.82) is 0 Å². The van der Waals surface area contributed by atoms with Crippen LogP contribution in [0.4, 0.5) is 0 Å². The highest BCUT2D eigenvalue weighted by Gasteiger charge is 2.25. The summed E-state index contributed by atoms with van der Waals surface area (Å²) in [7, 11) is 0. The van der Waals surface area contributed by atoms with Crippen molar-refractivity contribution in [1.82, 2.24) is 10.2 Å². The van der Waals surface area contributed by atoms with Crippen LogP contribution >= 0.6 is 0 Å². The summed E-state index contributed by atoms with van der Waals surface area (Å²) in [5.74, 6) is 1.80. The first-order valence-electron chi connectivity index (χ1n) is 7.16. The van der Waals surface area contributed by atoms with Gasteiger partial charge in [-0.1, -0.05) is 0 Å². The van der Waals surface area contributed by atoms with Crippen LogP contribution in [0, 0.1) is 12.8 Å². The van der Waals surface area contributed by atoms with Gasteiger partial charge in [0.2, 0.25) is 0 Å². The summed E-state index contributed by atoms with van der Waals surface area (Å²) in [5, 5.41) is 3.40. The topological polar surface area (TPSA) is 45.5 Å². The van der Waals surface area contributed by atoms with Gasteiger partial charge in [0, 0.05) is 12.6 Å². The maximum Gasteiger partial charge on any atom is 0.289 e. The predicted octanol–water partition coefficient (Wildman–Crippen LogP) is 2.44. The second-order valence-corrected chi connectivity index (χ2v) is 5.67. The van der Waals surface area contributed by atoms with Crippen molar-refractivity contribution in [3.8, 4) is 0 Å². The molecule has 1 saturated heterocycles. The van der Waals surface area contributed by atoms with Gasteiger partial charge in [0.05, 0.1) is 0 Å². The van der Waals surface area contributed by atoms with Crippen LogP contribution in [0.5, 0.6) is 0 Å². The molecule has 1 fully saturated rings. The van der Waals surface area contributed by atoms with Gasteiger partial charge in [-0.2, -0.15) is 0 Å². The Morgan fingerprint density at radius 3 is 2.84 bits per heavy atom. The van der Waals surface area contributed by atoms with Gasteiger partial charge >= 0.3 is 0 Å². The first-order valence-corrected chi connectivity index (χ1v) is 7.16. The molecule has 1 aromatic heterocycles. The van der Waals surface area contributed by atoms with Gasteiger partial charge < -0.3 is 14.6 Å². The molecule has 19 heavy (non-hydrogen) atoms. The molecule has 2 rings (SSSR count). The number of rotatable bonds is 4. The first-order chi connectivity index (χ1) is 9.08. The molecule has 1 atom stereocenters. The van der Waals surface area contributed by atoms with Gasteiger partial charge in [-0.3, -0.25) is 4.79 Å². The fraction of sp³-hybridized carbons (Fsp3) is 0.667. The highest BCUT2D eigenvalue weighted by Crippen LogP contribution is 2.17. The highest BCUT2D eigenvalue weighted by molar-refractivity contribution is 5.91. The van der Waals surface area contributed by atoms with Crippen molar-refractivity contribution in [3.63, 3.8) is 0 Å². The monoisotopic (exact) mass is 264 g/mol. The first kappa shape index (κ1) is 14.1. The Labute approximate surface area is 115 Å². The van der Waals surface area contributed by atoms with E-state index < -0.39 is 0 Å². The molecule has 106 valence electrons.